The molecule has 0 spiro atoms. The Labute approximate surface area is 147 Å². The number of fused-ring (bicyclic) bond motifs is 1. The number of halogens is 1. The molecule has 1 N–H and O–H groups in total. The van der Waals surface area contributed by atoms with Crippen LogP contribution in [0, 0.1) is 12.7 Å². The summed E-state index contributed by atoms with van der Waals surface area (Å²) in [6.45, 7) is 8.93. The molecule has 0 bridgehead atoms. The third-order valence-corrected chi connectivity index (χ3v) is 5.04. The summed E-state index contributed by atoms with van der Waals surface area (Å²) in [5.74, 6) is 0.596. The van der Waals surface area contributed by atoms with E-state index in [0.29, 0.717) is 5.69 Å². The lowest BCUT2D eigenvalue weighted by Gasteiger charge is -2.35. The molecule has 1 aliphatic rings. The van der Waals surface area contributed by atoms with Crippen molar-refractivity contribution in [1.82, 2.24) is 14.9 Å². The molecular weight excluding hydrogens is 315 g/mol. The fourth-order valence-electron chi connectivity index (χ4n) is 3.41. The van der Waals surface area contributed by atoms with Crippen molar-refractivity contribution in [2.45, 2.75) is 13.8 Å². The van der Waals surface area contributed by atoms with Crippen LogP contribution in [0.5, 0.6) is 0 Å². The number of benzene rings is 2. The Balaban J connectivity index is 1.66. The summed E-state index contributed by atoms with van der Waals surface area (Å²) in [5, 5.41) is 0. The maximum Gasteiger partial charge on any atom is 0.148 e. The average Bonchev–Trinajstić information content (AvgIpc) is 3.04. The minimum absolute atomic E-state index is 0.184. The Kier molecular flexibility index (Phi) is 4.17. The van der Waals surface area contributed by atoms with Crippen LogP contribution in [0.2, 0.25) is 0 Å². The van der Waals surface area contributed by atoms with E-state index in [2.05, 4.69) is 45.7 Å². The summed E-state index contributed by atoms with van der Waals surface area (Å²) in [5.41, 5.74) is 4.43. The second-order valence-electron chi connectivity index (χ2n) is 6.69. The van der Waals surface area contributed by atoms with Gasteiger partial charge in [-0.3, -0.25) is 0 Å². The Morgan fingerprint density at radius 2 is 1.80 bits per heavy atom. The number of hydrogen-bond donors (Lipinski definition) is 1. The SMILES string of the molecule is CCN1CCN(c2cc3nc(-c4ccc(C)cc4)[nH]c3cc2F)CC1. The van der Waals surface area contributed by atoms with Gasteiger partial charge in [0.2, 0.25) is 0 Å². The number of likely N-dealkylation sites (N-methyl/N-ethyl adjacent to an activating group) is 1. The first-order valence-corrected chi connectivity index (χ1v) is 8.87. The van der Waals surface area contributed by atoms with Crippen molar-refractivity contribution in [2.24, 2.45) is 0 Å². The molecule has 1 aromatic heterocycles. The van der Waals surface area contributed by atoms with Crippen molar-refractivity contribution >= 4 is 16.7 Å². The number of anilines is 1. The van der Waals surface area contributed by atoms with E-state index in [9.17, 15) is 4.39 Å². The van der Waals surface area contributed by atoms with Crippen molar-refractivity contribution < 1.29 is 4.39 Å². The normalized spacial score (nSPS) is 15.9. The molecule has 130 valence electrons. The number of imidazole rings is 1. The first-order valence-electron chi connectivity index (χ1n) is 8.87. The smallest absolute Gasteiger partial charge is 0.148 e. The van der Waals surface area contributed by atoms with Crippen LogP contribution < -0.4 is 4.90 Å². The number of aryl methyl sites for hydroxylation is 1. The van der Waals surface area contributed by atoms with Crippen molar-refractivity contribution in [3.63, 3.8) is 0 Å². The fourth-order valence-corrected chi connectivity index (χ4v) is 3.41. The molecule has 0 saturated carbocycles. The number of hydrogen-bond acceptors (Lipinski definition) is 3. The Hall–Kier alpha value is -2.40. The molecule has 0 amide bonds. The summed E-state index contributed by atoms with van der Waals surface area (Å²) < 4.78 is 14.6. The van der Waals surface area contributed by atoms with Crippen LogP contribution in [-0.4, -0.2) is 47.6 Å². The number of nitrogens with zero attached hydrogens (tertiary/aromatic N) is 3. The lowest BCUT2D eigenvalue weighted by atomic mass is 10.1. The van der Waals surface area contributed by atoms with Gasteiger partial charge in [0.1, 0.15) is 11.6 Å². The fraction of sp³-hybridized carbons (Fsp3) is 0.350. The summed E-state index contributed by atoms with van der Waals surface area (Å²) in [6, 6.07) is 11.6. The molecule has 4 rings (SSSR count). The van der Waals surface area contributed by atoms with Gasteiger partial charge in [0, 0.05) is 37.8 Å². The predicted molar refractivity (Wildman–Crippen MR) is 101 cm³/mol. The van der Waals surface area contributed by atoms with Gasteiger partial charge in [-0.25, -0.2) is 9.37 Å². The molecule has 0 atom stereocenters. The van der Waals surface area contributed by atoms with Gasteiger partial charge in [-0.1, -0.05) is 36.8 Å². The van der Waals surface area contributed by atoms with Gasteiger partial charge in [-0.05, 0) is 19.5 Å². The van der Waals surface area contributed by atoms with Gasteiger partial charge in [-0.2, -0.15) is 0 Å². The molecule has 25 heavy (non-hydrogen) atoms. The second kappa shape index (κ2) is 6.48. The minimum Gasteiger partial charge on any atom is -0.367 e. The summed E-state index contributed by atoms with van der Waals surface area (Å²) in [6.07, 6.45) is 0. The minimum atomic E-state index is -0.184. The van der Waals surface area contributed by atoms with E-state index in [-0.39, 0.29) is 5.82 Å². The van der Waals surface area contributed by atoms with E-state index in [1.165, 1.54) is 5.56 Å². The highest BCUT2D eigenvalue weighted by Crippen LogP contribution is 2.28. The molecule has 4 nitrogen and oxygen atoms in total. The van der Waals surface area contributed by atoms with Crippen molar-refractivity contribution in [2.75, 3.05) is 37.6 Å². The largest absolute Gasteiger partial charge is 0.367 e. The van der Waals surface area contributed by atoms with Gasteiger partial charge >= 0.3 is 0 Å². The van der Waals surface area contributed by atoms with Gasteiger partial charge in [-0.15, -0.1) is 0 Å². The molecule has 1 saturated heterocycles. The van der Waals surface area contributed by atoms with Crippen LogP contribution in [0.25, 0.3) is 22.4 Å². The Morgan fingerprint density at radius 1 is 1.08 bits per heavy atom. The van der Waals surface area contributed by atoms with E-state index in [0.717, 1.165) is 55.1 Å². The quantitative estimate of drug-likeness (QED) is 0.788. The lowest BCUT2D eigenvalue weighted by molar-refractivity contribution is 0.270. The zero-order valence-corrected chi connectivity index (χ0v) is 14.7. The number of piperazine rings is 1. The number of aromatic nitrogens is 2. The first-order chi connectivity index (χ1) is 12.1. The summed E-state index contributed by atoms with van der Waals surface area (Å²) in [4.78, 5) is 12.4. The molecule has 0 aliphatic carbocycles. The predicted octanol–water partition coefficient (Wildman–Crippen LogP) is 3.82. The third kappa shape index (κ3) is 3.12. The molecule has 2 heterocycles. The molecule has 3 aromatic rings. The third-order valence-electron chi connectivity index (χ3n) is 5.04. The molecule has 5 heteroatoms. The van der Waals surface area contributed by atoms with E-state index in [1.807, 2.05) is 18.2 Å². The zero-order chi connectivity index (χ0) is 17.4. The highest BCUT2D eigenvalue weighted by atomic mass is 19.1. The zero-order valence-electron chi connectivity index (χ0n) is 14.7. The highest BCUT2D eigenvalue weighted by Gasteiger charge is 2.20. The summed E-state index contributed by atoms with van der Waals surface area (Å²) >= 11 is 0. The number of H-pyrrole nitrogens is 1. The number of nitrogens with one attached hydrogen (secondary N) is 1. The molecule has 0 radical (unpaired) electrons. The maximum atomic E-state index is 14.6. The van der Waals surface area contributed by atoms with Crippen LogP contribution in [0.4, 0.5) is 10.1 Å². The monoisotopic (exact) mass is 338 g/mol. The molecular formula is C20H23FN4. The number of aromatic amines is 1. The van der Waals surface area contributed by atoms with E-state index in [4.69, 9.17) is 0 Å². The molecule has 2 aromatic carbocycles. The standard InChI is InChI=1S/C20H23FN4/c1-3-24-8-10-25(11-9-24)19-13-18-17(12-16(19)21)22-20(23-18)15-6-4-14(2)5-7-15/h4-7,12-13H,3,8-11H2,1-2H3,(H,22,23). The summed E-state index contributed by atoms with van der Waals surface area (Å²) in [7, 11) is 0. The van der Waals surface area contributed by atoms with E-state index in [1.54, 1.807) is 6.07 Å². The number of rotatable bonds is 3. The van der Waals surface area contributed by atoms with E-state index < -0.39 is 0 Å². The van der Waals surface area contributed by atoms with Crippen LogP contribution in [0.1, 0.15) is 12.5 Å². The van der Waals surface area contributed by atoms with Gasteiger partial charge in [0.05, 0.1) is 16.7 Å². The van der Waals surface area contributed by atoms with Crippen LogP contribution >= 0.6 is 0 Å². The molecule has 1 aliphatic heterocycles. The Morgan fingerprint density at radius 3 is 2.48 bits per heavy atom. The topological polar surface area (TPSA) is 35.2 Å². The van der Waals surface area contributed by atoms with Crippen molar-refractivity contribution in [3.05, 3.63) is 47.8 Å². The van der Waals surface area contributed by atoms with Crippen molar-refractivity contribution in [3.8, 4) is 11.4 Å². The van der Waals surface area contributed by atoms with Gasteiger partial charge in [0.25, 0.3) is 0 Å². The van der Waals surface area contributed by atoms with Crippen LogP contribution in [0.3, 0.4) is 0 Å². The maximum absolute atomic E-state index is 14.6. The second-order valence-corrected chi connectivity index (χ2v) is 6.69. The first kappa shape index (κ1) is 16.1. The van der Waals surface area contributed by atoms with Gasteiger partial charge in [0.15, 0.2) is 0 Å². The lowest BCUT2D eigenvalue weighted by Crippen LogP contribution is -2.46. The highest BCUT2D eigenvalue weighted by molar-refractivity contribution is 5.83. The molecule has 1 fully saturated rings. The average molecular weight is 338 g/mol. The van der Waals surface area contributed by atoms with Crippen LogP contribution in [-0.2, 0) is 0 Å². The Bertz CT molecular complexity index is 877. The van der Waals surface area contributed by atoms with Crippen LogP contribution in [0.15, 0.2) is 36.4 Å². The van der Waals surface area contributed by atoms with Crippen molar-refractivity contribution in [1.29, 1.82) is 0 Å². The van der Waals surface area contributed by atoms with E-state index >= 15 is 0 Å². The van der Waals surface area contributed by atoms with Gasteiger partial charge < -0.3 is 14.8 Å². The molecule has 0 unspecified atom stereocenters.